The SMILES string of the molecule is CC/C=C\C/C=C\C/C=C\C/C=C\CCCCCCCCCCCCCCC(=O)OC(COCCCCCCCCCC/C=C\C/C=C\CCCCCC)COC1OC(CO)C(O)C(OS(=O)(=O)O)C1O. The summed E-state index contributed by atoms with van der Waals surface area (Å²) in [5, 5.41) is 30.8. The van der Waals surface area contributed by atoms with Gasteiger partial charge in [-0.25, -0.2) is 4.18 Å². The Bertz CT molecular complexity index is 1510. The molecule has 0 aliphatic carbocycles. The Morgan fingerprint density at radius 2 is 0.972 bits per heavy atom. The van der Waals surface area contributed by atoms with Crippen molar-refractivity contribution < 1.29 is 56.2 Å². The lowest BCUT2D eigenvalue weighted by Crippen LogP contribution is -2.60. The van der Waals surface area contributed by atoms with Crippen molar-refractivity contribution >= 4 is 16.4 Å². The number of rotatable bonds is 49. The third kappa shape index (κ3) is 41.6. The predicted octanol–water partition coefficient (Wildman–Crippen LogP) is 13.8. The molecule has 0 saturated carbocycles. The quantitative estimate of drug-likeness (QED) is 0.0196. The van der Waals surface area contributed by atoms with Crippen molar-refractivity contribution in [2.75, 3.05) is 26.4 Å². The number of aliphatic hydroxyl groups excluding tert-OH is 3. The number of esters is 1. The molecule has 13 heteroatoms. The van der Waals surface area contributed by atoms with Gasteiger partial charge in [0, 0.05) is 13.0 Å². The number of carbonyl (C=O) groups is 1. The highest BCUT2D eigenvalue weighted by molar-refractivity contribution is 7.80. The Morgan fingerprint density at radius 1 is 0.549 bits per heavy atom. The Balaban J connectivity index is 2.31. The molecule has 6 atom stereocenters. The lowest BCUT2D eigenvalue weighted by molar-refractivity contribution is -0.301. The second-order valence-electron chi connectivity index (χ2n) is 19.1. The van der Waals surface area contributed by atoms with Gasteiger partial charge in [-0.3, -0.25) is 9.35 Å². The van der Waals surface area contributed by atoms with Gasteiger partial charge in [-0.15, -0.1) is 0 Å². The molecule has 0 radical (unpaired) electrons. The van der Waals surface area contributed by atoms with Gasteiger partial charge in [0.1, 0.15) is 30.5 Å². The Hall–Kier alpha value is -2.46. The van der Waals surface area contributed by atoms with Crippen LogP contribution >= 0.6 is 0 Å². The maximum absolute atomic E-state index is 13.0. The molecule has 6 unspecified atom stereocenters. The molecule has 4 N–H and O–H groups in total. The standard InChI is InChI=1S/C58H102O12S/c1-3-5-7-9-11-13-15-17-19-21-23-24-25-26-27-28-29-31-33-35-37-39-41-43-45-47-54(60)68-52(51-67-58-56(62)57(70-71(63,64)65)55(61)53(49-59)69-58)50-66-48-46-44-42-40-38-36-34-32-30-22-20-18-16-14-12-10-8-6-4-2/h5,7,11,13-14,16-17,19-20,22-24,52-53,55-59,61-62H,3-4,6,8-10,12,15,18,21,25-51H2,1-2H3,(H,63,64,65)/b7-5-,13-11-,16-14-,19-17-,22-20-,24-23-. The summed E-state index contributed by atoms with van der Waals surface area (Å²) in [6, 6.07) is 0. The number of aliphatic hydroxyl groups is 3. The van der Waals surface area contributed by atoms with Gasteiger partial charge in [-0.1, -0.05) is 209 Å². The molecule has 71 heavy (non-hydrogen) atoms. The van der Waals surface area contributed by atoms with Gasteiger partial charge in [0.05, 0.1) is 19.8 Å². The summed E-state index contributed by atoms with van der Waals surface area (Å²) in [6.45, 7) is 3.87. The average molecular weight is 1020 g/mol. The number of hydrogen-bond donors (Lipinski definition) is 4. The van der Waals surface area contributed by atoms with Crippen LogP contribution in [0.1, 0.15) is 226 Å². The Labute approximate surface area is 432 Å². The number of allylic oxidation sites excluding steroid dienone is 12. The van der Waals surface area contributed by atoms with Crippen LogP contribution in [0.25, 0.3) is 0 Å². The smallest absolute Gasteiger partial charge is 0.397 e. The van der Waals surface area contributed by atoms with E-state index in [2.05, 4.69) is 90.9 Å². The van der Waals surface area contributed by atoms with Crippen LogP contribution in [-0.2, 0) is 38.3 Å². The molecule has 12 nitrogen and oxygen atoms in total. The topological polar surface area (TPSA) is 178 Å². The van der Waals surface area contributed by atoms with Crippen molar-refractivity contribution in [1.82, 2.24) is 0 Å². The van der Waals surface area contributed by atoms with Gasteiger partial charge in [-0.05, 0) is 83.5 Å². The summed E-state index contributed by atoms with van der Waals surface area (Å²) >= 11 is 0. The van der Waals surface area contributed by atoms with E-state index in [1.54, 1.807) is 0 Å². The number of hydrogen-bond acceptors (Lipinski definition) is 11. The van der Waals surface area contributed by atoms with E-state index in [0.29, 0.717) is 13.0 Å². The summed E-state index contributed by atoms with van der Waals surface area (Å²) in [5.41, 5.74) is 0. The van der Waals surface area contributed by atoms with Gasteiger partial charge in [0.2, 0.25) is 0 Å². The summed E-state index contributed by atoms with van der Waals surface area (Å²) in [4.78, 5) is 13.0. The highest BCUT2D eigenvalue weighted by Gasteiger charge is 2.48. The van der Waals surface area contributed by atoms with Gasteiger partial charge in [0.15, 0.2) is 6.29 Å². The molecule has 0 amide bonds. The van der Waals surface area contributed by atoms with Crippen LogP contribution in [0, 0.1) is 0 Å². The summed E-state index contributed by atoms with van der Waals surface area (Å²) in [5.74, 6) is -0.404. The molecule has 1 heterocycles. The first-order chi connectivity index (χ1) is 34.6. The predicted molar refractivity (Wildman–Crippen MR) is 289 cm³/mol. The molecule has 0 spiro atoms. The highest BCUT2D eigenvalue weighted by atomic mass is 32.3. The van der Waals surface area contributed by atoms with E-state index in [4.69, 9.17) is 18.9 Å². The number of unbranched alkanes of at least 4 members (excludes halogenated alkanes) is 24. The van der Waals surface area contributed by atoms with Crippen LogP contribution in [-0.4, -0.2) is 97.5 Å². The molecule has 0 aromatic heterocycles. The zero-order valence-corrected chi connectivity index (χ0v) is 45.3. The van der Waals surface area contributed by atoms with Crippen LogP contribution in [0.15, 0.2) is 72.9 Å². The normalized spacial score (nSPS) is 19.5. The van der Waals surface area contributed by atoms with Crippen molar-refractivity contribution in [1.29, 1.82) is 0 Å². The molecule has 1 aliphatic rings. The third-order valence-electron chi connectivity index (χ3n) is 12.6. The highest BCUT2D eigenvalue weighted by Crippen LogP contribution is 2.26. The molecular weight excluding hydrogens is 921 g/mol. The summed E-state index contributed by atoms with van der Waals surface area (Å²) in [7, 11) is -5.07. The zero-order valence-electron chi connectivity index (χ0n) is 44.5. The second-order valence-corrected chi connectivity index (χ2v) is 20.2. The lowest BCUT2D eigenvalue weighted by Gasteiger charge is -2.41. The van der Waals surface area contributed by atoms with E-state index >= 15 is 0 Å². The van der Waals surface area contributed by atoms with Crippen LogP contribution in [0.2, 0.25) is 0 Å². The van der Waals surface area contributed by atoms with Gasteiger partial charge >= 0.3 is 16.4 Å². The van der Waals surface area contributed by atoms with Gasteiger partial charge < -0.3 is 34.3 Å². The average Bonchev–Trinajstić information content (AvgIpc) is 3.35. The molecule has 1 fully saturated rings. The van der Waals surface area contributed by atoms with Crippen molar-refractivity contribution in [3.8, 4) is 0 Å². The molecule has 412 valence electrons. The first-order valence-corrected chi connectivity index (χ1v) is 29.6. The van der Waals surface area contributed by atoms with E-state index in [1.165, 1.54) is 116 Å². The third-order valence-corrected chi connectivity index (χ3v) is 13.0. The van der Waals surface area contributed by atoms with E-state index in [-0.39, 0.29) is 19.6 Å². The fourth-order valence-corrected chi connectivity index (χ4v) is 8.85. The molecular formula is C58H102O12S. The monoisotopic (exact) mass is 1020 g/mol. The Kier molecular flexibility index (Phi) is 45.4. The van der Waals surface area contributed by atoms with Crippen LogP contribution in [0.4, 0.5) is 0 Å². The van der Waals surface area contributed by atoms with Crippen molar-refractivity contribution in [3.05, 3.63) is 72.9 Å². The second kappa shape index (κ2) is 48.5. The summed E-state index contributed by atoms with van der Waals surface area (Å²) < 4.78 is 59.4. The molecule has 0 aromatic carbocycles. The van der Waals surface area contributed by atoms with Crippen molar-refractivity contribution in [2.24, 2.45) is 0 Å². The summed E-state index contributed by atoms with van der Waals surface area (Å²) in [6.07, 6.45) is 55.0. The minimum Gasteiger partial charge on any atom is -0.457 e. The van der Waals surface area contributed by atoms with Crippen LogP contribution in [0.3, 0.4) is 0 Å². The fourth-order valence-electron chi connectivity index (χ4n) is 8.34. The fraction of sp³-hybridized carbons (Fsp3) is 0.776. The van der Waals surface area contributed by atoms with E-state index in [9.17, 15) is 33.1 Å². The lowest BCUT2D eigenvalue weighted by atomic mass is 9.99. The minimum atomic E-state index is -5.07. The van der Waals surface area contributed by atoms with E-state index in [0.717, 1.165) is 83.5 Å². The van der Waals surface area contributed by atoms with Crippen molar-refractivity contribution in [2.45, 2.75) is 263 Å². The van der Waals surface area contributed by atoms with Crippen molar-refractivity contribution in [3.63, 3.8) is 0 Å². The zero-order chi connectivity index (χ0) is 51.7. The maximum atomic E-state index is 13.0. The van der Waals surface area contributed by atoms with E-state index in [1.807, 2.05) is 0 Å². The Morgan fingerprint density at radius 3 is 1.42 bits per heavy atom. The largest absolute Gasteiger partial charge is 0.457 e. The molecule has 1 saturated heterocycles. The number of ether oxygens (including phenoxy) is 4. The minimum absolute atomic E-state index is 0.0291. The first kappa shape index (κ1) is 66.6. The first-order valence-electron chi connectivity index (χ1n) is 28.2. The maximum Gasteiger partial charge on any atom is 0.397 e. The van der Waals surface area contributed by atoms with Crippen LogP contribution in [0.5, 0.6) is 0 Å². The molecule has 1 rings (SSSR count). The van der Waals surface area contributed by atoms with Gasteiger partial charge in [0.25, 0.3) is 0 Å². The molecule has 0 bridgehead atoms. The molecule has 1 aliphatic heterocycles. The molecule has 0 aromatic rings. The van der Waals surface area contributed by atoms with Crippen LogP contribution < -0.4 is 0 Å². The van der Waals surface area contributed by atoms with E-state index < -0.39 is 59.8 Å². The van der Waals surface area contributed by atoms with Gasteiger partial charge in [-0.2, -0.15) is 8.42 Å². The number of carbonyl (C=O) groups excluding carboxylic acids is 1.